The Morgan fingerprint density at radius 2 is 1.83 bits per heavy atom. The molecule has 1 saturated heterocycles. The predicted octanol–water partition coefficient (Wildman–Crippen LogP) is 2.66. The monoisotopic (exact) mass is 347 g/mol. The SMILES string of the molecule is O=C(NC[C@H]1CCS(=O)(=O)C1)c1cccc(-c2cccc(F)c2)c1. The van der Waals surface area contributed by atoms with Crippen LogP contribution in [0.1, 0.15) is 16.8 Å². The summed E-state index contributed by atoms with van der Waals surface area (Å²) in [6.07, 6.45) is 0.589. The topological polar surface area (TPSA) is 63.2 Å². The third-order valence-corrected chi connectivity index (χ3v) is 6.00. The minimum Gasteiger partial charge on any atom is -0.352 e. The molecule has 6 heteroatoms. The Hall–Kier alpha value is -2.21. The van der Waals surface area contributed by atoms with Gasteiger partial charge in [-0.3, -0.25) is 4.79 Å². The minimum absolute atomic E-state index is 0.0228. The molecule has 1 amide bonds. The maximum Gasteiger partial charge on any atom is 0.251 e. The second-order valence-electron chi connectivity index (χ2n) is 6.07. The molecule has 3 rings (SSSR count). The lowest BCUT2D eigenvalue weighted by atomic mass is 10.0. The van der Waals surface area contributed by atoms with Crippen LogP contribution >= 0.6 is 0 Å². The molecule has 1 atom stereocenters. The Kier molecular flexibility index (Phi) is 4.66. The average Bonchev–Trinajstić information content (AvgIpc) is 2.92. The van der Waals surface area contributed by atoms with E-state index in [1.54, 1.807) is 30.3 Å². The number of nitrogens with one attached hydrogen (secondary N) is 1. The van der Waals surface area contributed by atoms with Gasteiger partial charge in [0.2, 0.25) is 0 Å². The molecule has 1 N–H and O–H groups in total. The molecule has 0 spiro atoms. The van der Waals surface area contributed by atoms with Gasteiger partial charge in [0, 0.05) is 12.1 Å². The number of sulfone groups is 1. The maximum atomic E-state index is 13.3. The lowest BCUT2D eigenvalue weighted by molar-refractivity contribution is 0.0948. The van der Waals surface area contributed by atoms with Gasteiger partial charge in [0.1, 0.15) is 5.82 Å². The molecule has 0 bridgehead atoms. The molecular formula is C18H18FNO3S. The smallest absolute Gasteiger partial charge is 0.251 e. The Labute approximate surface area is 140 Å². The number of rotatable bonds is 4. The summed E-state index contributed by atoms with van der Waals surface area (Å²) in [5, 5.41) is 2.79. The lowest BCUT2D eigenvalue weighted by Gasteiger charge is -2.10. The quantitative estimate of drug-likeness (QED) is 0.925. The third-order valence-electron chi connectivity index (χ3n) is 4.16. The molecule has 1 heterocycles. The molecule has 0 aromatic heterocycles. The Bertz CT molecular complexity index is 864. The Balaban J connectivity index is 1.68. The van der Waals surface area contributed by atoms with Crippen LogP contribution in [0.15, 0.2) is 48.5 Å². The van der Waals surface area contributed by atoms with Crippen LogP contribution < -0.4 is 5.32 Å². The summed E-state index contributed by atoms with van der Waals surface area (Å²) in [4.78, 5) is 12.3. The zero-order chi connectivity index (χ0) is 17.2. The third kappa shape index (κ3) is 4.00. The Morgan fingerprint density at radius 3 is 2.50 bits per heavy atom. The number of benzene rings is 2. The zero-order valence-corrected chi connectivity index (χ0v) is 13.9. The van der Waals surface area contributed by atoms with Crippen LogP contribution in [-0.2, 0) is 9.84 Å². The molecule has 1 aliphatic rings. The van der Waals surface area contributed by atoms with E-state index in [9.17, 15) is 17.6 Å². The normalized spacial score (nSPS) is 19.1. The molecule has 126 valence electrons. The molecule has 2 aromatic carbocycles. The molecule has 1 aliphatic heterocycles. The predicted molar refractivity (Wildman–Crippen MR) is 90.9 cm³/mol. The van der Waals surface area contributed by atoms with E-state index in [4.69, 9.17) is 0 Å². The van der Waals surface area contributed by atoms with Crippen LogP contribution in [0.4, 0.5) is 4.39 Å². The highest BCUT2D eigenvalue weighted by atomic mass is 32.2. The highest BCUT2D eigenvalue weighted by molar-refractivity contribution is 7.91. The van der Waals surface area contributed by atoms with Crippen molar-refractivity contribution in [1.82, 2.24) is 5.32 Å². The van der Waals surface area contributed by atoms with Crippen molar-refractivity contribution in [1.29, 1.82) is 0 Å². The van der Waals surface area contributed by atoms with Gasteiger partial charge < -0.3 is 5.32 Å². The largest absolute Gasteiger partial charge is 0.352 e. The minimum atomic E-state index is -2.94. The lowest BCUT2D eigenvalue weighted by Crippen LogP contribution is -2.29. The number of halogens is 1. The van der Waals surface area contributed by atoms with Crippen LogP contribution in [0.3, 0.4) is 0 Å². The van der Waals surface area contributed by atoms with Gasteiger partial charge in [-0.2, -0.15) is 0 Å². The first-order valence-electron chi connectivity index (χ1n) is 7.77. The van der Waals surface area contributed by atoms with E-state index in [-0.39, 0.29) is 29.1 Å². The fourth-order valence-corrected chi connectivity index (χ4v) is 4.74. The fraction of sp³-hybridized carbons (Fsp3) is 0.278. The second kappa shape index (κ2) is 6.73. The maximum absolute atomic E-state index is 13.3. The van der Waals surface area contributed by atoms with Crippen molar-refractivity contribution in [2.24, 2.45) is 5.92 Å². The molecule has 0 unspecified atom stereocenters. The summed E-state index contributed by atoms with van der Waals surface area (Å²) in [6, 6.07) is 13.1. The summed E-state index contributed by atoms with van der Waals surface area (Å²) in [6.45, 7) is 0.349. The van der Waals surface area contributed by atoms with Crippen molar-refractivity contribution in [2.75, 3.05) is 18.1 Å². The second-order valence-corrected chi connectivity index (χ2v) is 8.30. The first kappa shape index (κ1) is 16.6. The van der Waals surface area contributed by atoms with E-state index in [0.717, 1.165) is 5.56 Å². The van der Waals surface area contributed by atoms with Gasteiger partial charge in [0.05, 0.1) is 11.5 Å². The highest BCUT2D eigenvalue weighted by Gasteiger charge is 2.27. The average molecular weight is 347 g/mol. The molecule has 0 radical (unpaired) electrons. The van der Waals surface area contributed by atoms with E-state index < -0.39 is 9.84 Å². The number of carbonyl (C=O) groups is 1. The van der Waals surface area contributed by atoms with E-state index in [1.807, 2.05) is 6.07 Å². The molecule has 0 saturated carbocycles. The van der Waals surface area contributed by atoms with Crippen molar-refractivity contribution in [3.8, 4) is 11.1 Å². The zero-order valence-electron chi connectivity index (χ0n) is 13.0. The molecule has 24 heavy (non-hydrogen) atoms. The molecule has 2 aromatic rings. The van der Waals surface area contributed by atoms with Crippen molar-refractivity contribution in [3.63, 3.8) is 0 Å². The van der Waals surface area contributed by atoms with Crippen molar-refractivity contribution >= 4 is 15.7 Å². The van der Waals surface area contributed by atoms with Crippen LogP contribution in [-0.4, -0.2) is 32.4 Å². The van der Waals surface area contributed by atoms with Gasteiger partial charge in [0.15, 0.2) is 9.84 Å². The van der Waals surface area contributed by atoms with Crippen LogP contribution in [0.2, 0.25) is 0 Å². The van der Waals surface area contributed by atoms with E-state index in [1.165, 1.54) is 12.1 Å². The van der Waals surface area contributed by atoms with Crippen LogP contribution in [0.5, 0.6) is 0 Å². The number of hydrogen-bond acceptors (Lipinski definition) is 3. The Morgan fingerprint density at radius 1 is 1.12 bits per heavy atom. The molecular weight excluding hydrogens is 329 g/mol. The first-order chi connectivity index (χ1) is 11.4. The van der Waals surface area contributed by atoms with Gasteiger partial charge in [-0.15, -0.1) is 0 Å². The number of amides is 1. The number of hydrogen-bond donors (Lipinski definition) is 1. The van der Waals surface area contributed by atoms with E-state index in [2.05, 4.69) is 5.32 Å². The van der Waals surface area contributed by atoms with Crippen molar-refractivity contribution in [3.05, 3.63) is 59.9 Å². The van der Waals surface area contributed by atoms with E-state index in [0.29, 0.717) is 24.1 Å². The van der Waals surface area contributed by atoms with Crippen LogP contribution in [0.25, 0.3) is 11.1 Å². The molecule has 1 fully saturated rings. The summed E-state index contributed by atoms with van der Waals surface area (Å²) in [5.74, 6) is -0.271. The standard InChI is InChI=1S/C18H18FNO3S/c19-17-6-2-4-15(10-17)14-3-1-5-16(9-14)18(21)20-11-13-7-8-24(22,23)12-13/h1-6,9-10,13H,7-8,11-12H2,(H,20,21)/t13-/m1/s1. The van der Waals surface area contributed by atoms with Gasteiger partial charge in [-0.05, 0) is 47.7 Å². The van der Waals surface area contributed by atoms with Crippen molar-refractivity contribution < 1.29 is 17.6 Å². The molecule has 0 aliphatic carbocycles. The fourth-order valence-electron chi connectivity index (χ4n) is 2.88. The molecule has 4 nitrogen and oxygen atoms in total. The van der Waals surface area contributed by atoms with E-state index >= 15 is 0 Å². The van der Waals surface area contributed by atoms with Gasteiger partial charge >= 0.3 is 0 Å². The number of carbonyl (C=O) groups excluding carboxylic acids is 1. The first-order valence-corrected chi connectivity index (χ1v) is 9.60. The van der Waals surface area contributed by atoms with Crippen LogP contribution in [0, 0.1) is 11.7 Å². The van der Waals surface area contributed by atoms with Gasteiger partial charge in [-0.1, -0.05) is 24.3 Å². The van der Waals surface area contributed by atoms with Gasteiger partial charge in [0.25, 0.3) is 5.91 Å². The summed E-state index contributed by atoms with van der Waals surface area (Å²) in [5.41, 5.74) is 1.93. The van der Waals surface area contributed by atoms with Gasteiger partial charge in [-0.25, -0.2) is 12.8 Å². The summed E-state index contributed by atoms with van der Waals surface area (Å²) >= 11 is 0. The highest BCUT2D eigenvalue weighted by Crippen LogP contribution is 2.22. The summed E-state index contributed by atoms with van der Waals surface area (Å²) < 4.78 is 36.2. The summed E-state index contributed by atoms with van der Waals surface area (Å²) in [7, 11) is -2.94. The van der Waals surface area contributed by atoms with Crippen molar-refractivity contribution in [2.45, 2.75) is 6.42 Å².